The van der Waals surface area contributed by atoms with Gasteiger partial charge >= 0.3 is 0 Å². The summed E-state index contributed by atoms with van der Waals surface area (Å²) in [6.45, 7) is 1.79. The highest BCUT2D eigenvalue weighted by molar-refractivity contribution is 6.30. The van der Waals surface area contributed by atoms with Crippen LogP contribution >= 0.6 is 11.6 Å². The van der Waals surface area contributed by atoms with E-state index >= 15 is 0 Å². The SMILES string of the molecule is CC(=NNC(=O)Cc1ccccc1)c1cccc(NC(=O)c2ccc(Cl)cc2)c1. The lowest BCUT2D eigenvalue weighted by molar-refractivity contribution is -0.120. The minimum atomic E-state index is -0.232. The topological polar surface area (TPSA) is 70.6 Å². The second-order valence-corrected chi connectivity index (χ2v) is 6.87. The molecule has 0 atom stereocenters. The van der Waals surface area contributed by atoms with Crippen LogP contribution in [0.5, 0.6) is 0 Å². The molecular weight excluding hydrogens is 386 g/mol. The van der Waals surface area contributed by atoms with Crippen LogP contribution in [0.25, 0.3) is 0 Å². The molecule has 0 bridgehead atoms. The van der Waals surface area contributed by atoms with E-state index in [2.05, 4.69) is 15.8 Å². The van der Waals surface area contributed by atoms with Crippen LogP contribution in [0.1, 0.15) is 28.4 Å². The summed E-state index contributed by atoms with van der Waals surface area (Å²) in [5, 5.41) is 7.59. The first-order chi connectivity index (χ1) is 14.0. The highest BCUT2D eigenvalue weighted by Gasteiger charge is 2.08. The molecule has 3 aromatic carbocycles. The molecule has 0 unspecified atom stereocenters. The summed E-state index contributed by atoms with van der Waals surface area (Å²) in [5.41, 5.74) is 6.06. The summed E-state index contributed by atoms with van der Waals surface area (Å²) in [6.07, 6.45) is 0.259. The van der Waals surface area contributed by atoms with E-state index in [0.29, 0.717) is 22.0 Å². The van der Waals surface area contributed by atoms with Crippen molar-refractivity contribution in [3.05, 3.63) is 101 Å². The van der Waals surface area contributed by atoms with Crippen LogP contribution in [-0.2, 0) is 11.2 Å². The molecular formula is C23H20ClN3O2. The third-order valence-electron chi connectivity index (χ3n) is 4.20. The maximum Gasteiger partial charge on any atom is 0.255 e. The maximum absolute atomic E-state index is 12.4. The van der Waals surface area contributed by atoms with Crippen molar-refractivity contribution in [2.24, 2.45) is 5.10 Å². The molecule has 0 spiro atoms. The Labute approximate surface area is 174 Å². The fourth-order valence-electron chi connectivity index (χ4n) is 2.66. The van der Waals surface area contributed by atoms with Crippen LogP contribution in [0.4, 0.5) is 5.69 Å². The molecule has 0 aliphatic rings. The maximum atomic E-state index is 12.4. The number of nitrogens with zero attached hydrogens (tertiary/aromatic N) is 1. The minimum absolute atomic E-state index is 0.192. The average molecular weight is 406 g/mol. The first kappa shape index (κ1) is 20.3. The predicted molar refractivity (Wildman–Crippen MR) is 116 cm³/mol. The van der Waals surface area contributed by atoms with Crippen molar-refractivity contribution in [2.45, 2.75) is 13.3 Å². The van der Waals surface area contributed by atoms with E-state index in [1.54, 1.807) is 43.3 Å². The molecule has 0 aromatic heterocycles. The second kappa shape index (κ2) is 9.66. The molecule has 5 nitrogen and oxygen atoms in total. The molecule has 0 aliphatic heterocycles. The number of amides is 2. The standard InChI is InChI=1S/C23H20ClN3O2/c1-16(26-27-22(28)14-17-6-3-2-4-7-17)19-8-5-9-21(15-19)25-23(29)18-10-12-20(24)13-11-18/h2-13,15H,14H2,1H3,(H,25,29)(H,27,28). The number of hydrogen-bond acceptors (Lipinski definition) is 3. The lowest BCUT2D eigenvalue weighted by Crippen LogP contribution is -2.21. The summed E-state index contributed by atoms with van der Waals surface area (Å²) in [5.74, 6) is -0.424. The number of carbonyl (C=O) groups is 2. The van der Waals surface area contributed by atoms with Crippen molar-refractivity contribution in [1.29, 1.82) is 0 Å². The van der Waals surface area contributed by atoms with Gasteiger partial charge in [0.05, 0.1) is 12.1 Å². The number of rotatable bonds is 6. The Morgan fingerprint density at radius 1 is 0.897 bits per heavy atom. The van der Waals surface area contributed by atoms with Crippen LogP contribution in [0.2, 0.25) is 5.02 Å². The van der Waals surface area contributed by atoms with Crippen molar-refractivity contribution in [3.63, 3.8) is 0 Å². The predicted octanol–water partition coefficient (Wildman–Crippen LogP) is 4.68. The molecule has 0 aliphatic carbocycles. The quantitative estimate of drug-likeness (QED) is 0.462. The zero-order valence-electron chi connectivity index (χ0n) is 15.9. The van der Waals surface area contributed by atoms with E-state index < -0.39 is 0 Å². The average Bonchev–Trinajstić information content (AvgIpc) is 2.73. The molecule has 3 aromatic rings. The molecule has 2 N–H and O–H groups in total. The molecule has 2 amide bonds. The van der Waals surface area contributed by atoms with Gasteiger partial charge in [-0.3, -0.25) is 9.59 Å². The Hall–Kier alpha value is -3.44. The Morgan fingerprint density at radius 2 is 1.62 bits per heavy atom. The van der Waals surface area contributed by atoms with Gasteiger partial charge in [-0.25, -0.2) is 5.43 Å². The van der Waals surface area contributed by atoms with Gasteiger partial charge in [-0.1, -0.05) is 54.1 Å². The van der Waals surface area contributed by atoms with Gasteiger partial charge < -0.3 is 5.32 Å². The van der Waals surface area contributed by atoms with E-state index in [9.17, 15) is 9.59 Å². The van der Waals surface area contributed by atoms with E-state index in [0.717, 1.165) is 11.1 Å². The van der Waals surface area contributed by atoms with Crippen molar-refractivity contribution in [1.82, 2.24) is 5.43 Å². The van der Waals surface area contributed by atoms with Crippen LogP contribution in [0.15, 0.2) is 84.0 Å². The van der Waals surface area contributed by atoms with Crippen LogP contribution in [0.3, 0.4) is 0 Å². The van der Waals surface area contributed by atoms with Crippen molar-refractivity contribution >= 4 is 34.8 Å². The van der Waals surface area contributed by atoms with Crippen LogP contribution < -0.4 is 10.7 Å². The molecule has 0 fully saturated rings. The Balaban J connectivity index is 1.63. The van der Waals surface area contributed by atoms with Crippen LogP contribution in [0, 0.1) is 0 Å². The Morgan fingerprint density at radius 3 is 2.34 bits per heavy atom. The summed E-state index contributed by atoms with van der Waals surface area (Å²) in [4.78, 5) is 24.4. The summed E-state index contributed by atoms with van der Waals surface area (Å²) >= 11 is 5.85. The molecule has 29 heavy (non-hydrogen) atoms. The van der Waals surface area contributed by atoms with Gasteiger partial charge in [-0.15, -0.1) is 0 Å². The monoisotopic (exact) mass is 405 g/mol. The second-order valence-electron chi connectivity index (χ2n) is 6.44. The van der Waals surface area contributed by atoms with E-state index in [4.69, 9.17) is 11.6 Å². The minimum Gasteiger partial charge on any atom is -0.322 e. The first-order valence-corrected chi connectivity index (χ1v) is 9.43. The fourth-order valence-corrected chi connectivity index (χ4v) is 2.78. The Bertz CT molecular complexity index is 1030. The van der Waals surface area contributed by atoms with Gasteiger partial charge in [0.25, 0.3) is 5.91 Å². The van der Waals surface area contributed by atoms with E-state index in [1.807, 2.05) is 42.5 Å². The first-order valence-electron chi connectivity index (χ1n) is 9.05. The smallest absolute Gasteiger partial charge is 0.255 e. The molecule has 0 radical (unpaired) electrons. The molecule has 6 heteroatoms. The zero-order chi connectivity index (χ0) is 20.6. The third kappa shape index (κ3) is 6.02. The van der Waals surface area contributed by atoms with Gasteiger partial charge in [0.2, 0.25) is 5.91 Å². The molecule has 0 saturated carbocycles. The summed E-state index contributed by atoms with van der Waals surface area (Å²) in [6, 6.07) is 23.4. The number of anilines is 1. The number of nitrogens with one attached hydrogen (secondary N) is 2. The van der Waals surface area contributed by atoms with Gasteiger partial charge in [-0.2, -0.15) is 5.10 Å². The number of hydrazone groups is 1. The van der Waals surface area contributed by atoms with Gasteiger partial charge in [0.1, 0.15) is 0 Å². The fraction of sp³-hybridized carbons (Fsp3) is 0.0870. The lowest BCUT2D eigenvalue weighted by Gasteiger charge is -2.08. The van der Waals surface area contributed by atoms with Gasteiger partial charge in [-0.05, 0) is 54.4 Å². The molecule has 146 valence electrons. The third-order valence-corrected chi connectivity index (χ3v) is 4.45. The zero-order valence-corrected chi connectivity index (χ0v) is 16.6. The van der Waals surface area contributed by atoms with Gasteiger partial charge in [0, 0.05) is 16.3 Å². The molecule has 3 rings (SSSR count). The number of hydrogen-bond donors (Lipinski definition) is 2. The largest absolute Gasteiger partial charge is 0.322 e. The molecule has 0 saturated heterocycles. The highest BCUT2D eigenvalue weighted by Crippen LogP contribution is 2.15. The highest BCUT2D eigenvalue weighted by atomic mass is 35.5. The Kier molecular flexibility index (Phi) is 6.76. The van der Waals surface area contributed by atoms with Crippen molar-refractivity contribution < 1.29 is 9.59 Å². The number of benzene rings is 3. The molecule has 0 heterocycles. The van der Waals surface area contributed by atoms with E-state index in [1.165, 1.54) is 0 Å². The lowest BCUT2D eigenvalue weighted by atomic mass is 10.1. The number of halogens is 1. The summed E-state index contributed by atoms with van der Waals surface area (Å²) in [7, 11) is 0. The summed E-state index contributed by atoms with van der Waals surface area (Å²) < 4.78 is 0. The van der Waals surface area contributed by atoms with Crippen molar-refractivity contribution in [3.8, 4) is 0 Å². The van der Waals surface area contributed by atoms with Crippen molar-refractivity contribution in [2.75, 3.05) is 5.32 Å². The van der Waals surface area contributed by atoms with E-state index in [-0.39, 0.29) is 18.2 Å². The van der Waals surface area contributed by atoms with Gasteiger partial charge in [0.15, 0.2) is 0 Å². The van der Waals surface area contributed by atoms with Crippen LogP contribution in [-0.4, -0.2) is 17.5 Å². The normalized spacial score (nSPS) is 11.0. The number of carbonyl (C=O) groups excluding carboxylic acids is 2.